The van der Waals surface area contributed by atoms with E-state index in [0.29, 0.717) is 6.04 Å². The van der Waals surface area contributed by atoms with Gasteiger partial charge >= 0.3 is 0 Å². The van der Waals surface area contributed by atoms with Crippen LogP contribution in [0, 0.1) is 0 Å². The number of anilines is 1. The van der Waals surface area contributed by atoms with Gasteiger partial charge in [-0.2, -0.15) is 0 Å². The molecule has 0 saturated carbocycles. The van der Waals surface area contributed by atoms with Crippen molar-refractivity contribution in [3.63, 3.8) is 0 Å². The Hall–Kier alpha value is -1.11. The highest BCUT2D eigenvalue weighted by Crippen LogP contribution is 2.20. The van der Waals surface area contributed by atoms with Crippen LogP contribution in [0.3, 0.4) is 0 Å². The van der Waals surface area contributed by atoms with Crippen LogP contribution in [-0.4, -0.2) is 34.2 Å². The van der Waals surface area contributed by atoms with Gasteiger partial charge in [-0.25, -0.2) is 13.1 Å². The first kappa shape index (κ1) is 14.3. The van der Waals surface area contributed by atoms with Gasteiger partial charge in [-0.15, -0.1) is 0 Å². The van der Waals surface area contributed by atoms with Crippen LogP contribution in [0.4, 0.5) is 5.69 Å². The molecule has 2 unspecified atom stereocenters. The minimum absolute atomic E-state index is 0.273. The maximum absolute atomic E-state index is 11.6. The summed E-state index contributed by atoms with van der Waals surface area (Å²) in [5.74, 6) is 0. The summed E-state index contributed by atoms with van der Waals surface area (Å²) in [5.41, 5.74) is 0.939. The largest absolute Gasteiger partial charge is 0.382 e. The molecular weight excluding hydrogens is 264 g/mol. The SMILES string of the molecule is CNS(=O)(=O)c1ccc(NC2CCOC(C)C2)cc1. The summed E-state index contributed by atoms with van der Waals surface area (Å²) in [7, 11) is -1.95. The van der Waals surface area contributed by atoms with E-state index in [1.807, 2.05) is 0 Å². The van der Waals surface area contributed by atoms with E-state index in [2.05, 4.69) is 17.0 Å². The van der Waals surface area contributed by atoms with Crippen molar-refractivity contribution in [2.75, 3.05) is 19.0 Å². The molecule has 0 amide bonds. The zero-order valence-electron chi connectivity index (χ0n) is 11.2. The van der Waals surface area contributed by atoms with Crippen molar-refractivity contribution in [1.82, 2.24) is 4.72 Å². The molecule has 6 heteroatoms. The van der Waals surface area contributed by atoms with E-state index in [4.69, 9.17) is 4.74 Å². The van der Waals surface area contributed by atoms with Gasteiger partial charge in [0.2, 0.25) is 10.0 Å². The predicted octanol–water partition coefficient (Wildman–Crippen LogP) is 1.57. The first-order chi connectivity index (χ1) is 9.01. The Bertz CT molecular complexity index is 513. The molecule has 1 fully saturated rings. The maximum atomic E-state index is 11.6. The number of benzene rings is 1. The van der Waals surface area contributed by atoms with Crippen molar-refractivity contribution in [2.24, 2.45) is 0 Å². The van der Waals surface area contributed by atoms with Gasteiger partial charge in [0.15, 0.2) is 0 Å². The lowest BCUT2D eigenvalue weighted by atomic mass is 10.0. The normalized spacial score (nSPS) is 24.1. The molecule has 0 bridgehead atoms. The fourth-order valence-electron chi connectivity index (χ4n) is 2.21. The van der Waals surface area contributed by atoms with Gasteiger partial charge in [-0.1, -0.05) is 0 Å². The monoisotopic (exact) mass is 284 g/mol. The van der Waals surface area contributed by atoms with Gasteiger partial charge in [-0.05, 0) is 51.1 Å². The highest BCUT2D eigenvalue weighted by molar-refractivity contribution is 7.89. The van der Waals surface area contributed by atoms with Crippen molar-refractivity contribution in [3.8, 4) is 0 Å². The lowest BCUT2D eigenvalue weighted by Crippen LogP contribution is -2.32. The van der Waals surface area contributed by atoms with Crippen molar-refractivity contribution < 1.29 is 13.2 Å². The fourth-order valence-corrected chi connectivity index (χ4v) is 2.94. The molecule has 19 heavy (non-hydrogen) atoms. The quantitative estimate of drug-likeness (QED) is 0.881. The second-order valence-corrected chi connectivity index (χ2v) is 6.67. The first-order valence-electron chi connectivity index (χ1n) is 6.43. The fraction of sp³-hybridized carbons (Fsp3) is 0.538. The zero-order chi connectivity index (χ0) is 13.9. The summed E-state index contributed by atoms with van der Waals surface area (Å²) in [6.45, 7) is 2.83. The first-order valence-corrected chi connectivity index (χ1v) is 7.91. The molecule has 0 radical (unpaired) electrons. The lowest BCUT2D eigenvalue weighted by Gasteiger charge is -2.28. The van der Waals surface area contributed by atoms with Crippen LogP contribution < -0.4 is 10.0 Å². The minimum atomic E-state index is -3.35. The number of hydrogen-bond donors (Lipinski definition) is 2. The van der Waals surface area contributed by atoms with E-state index in [1.165, 1.54) is 7.05 Å². The molecule has 1 saturated heterocycles. The molecule has 2 rings (SSSR count). The summed E-state index contributed by atoms with van der Waals surface area (Å²) in [6, 6.07) is 7.19. The number of nitrogens with one attached hydrogen (secondary N) is 2. The minimum Gasteiger partial charge on any atom is -0.382 e. The highest BCUT2D eigenvalue weighted by atomic mass is 32.2. The lowest BCUT2D eigenvalue weighted by molar-refractivity contribution is 0.0232. The Balaban J connectivity index is 2.03. The third-order valence-corrected chi connectivity index (χ3v) is 4.72. The van der Waals surface area contributed by atoms with Crippen LogP contribution in [0.25, 0.3) is 0 Å². The maximum Gasteiger partial charge on any atom is 0.240 e. The number of ether oxygens (including phenoxy) is 1. The molecule has 1 aliphatic rings. The topological polar surface area (TPSA) is 67.4 Å². The molecule has 0 aromatic heterocycles. The van der Waals surface area contributed by atoms with E-state index in [1.54, 1.807) is 24.3 Å². The Morgan fingerprint density at radius 1 is 1.26 bits per heavy atom. The molecule has 2 N–H and O–H groups in total. The molecule has 1 heterocycles. The second-order valence-electron chi connectivity index (χ2n) is 4.78. The summed E-state index contributed by atoms with van der Waals surface area (Å²) >= 11 is 0. The molecule has 5 nitrogen and oxygen atoms in total. The number of rotatable bonds is 4. The second kappa shape index (κ2) is 5.90. The van der Waals surface area contributed by atoms with Crippen LogP contribution in [0.1, 0.15) is 19.8 Å². The molecule has 1 aromatic rings. The number of hydrogen-bond acceptors (Lipinski definition) is 4. The third kappa shape index (κ3) is 3.68. The zero-order valence-corrected chi connectivity index (χ0v) is 12.0. The summed E-state index contributed by atoms with van der Waals surface area (Å²) in [5, 5.41) is 3.41. The van der Waals surface area contributed by atoms with Gasteiger partial charge < -0.3 is 10.1 Å². The van der Waals surface area contributed by atoms with E-state index in [0.717, 1.165) is 25.1 Å². The van der Waals surface area contributed by atoms with Gasteiger partial charge in [0.25, 0.3) is 0 Å². The van der Waals surface area contributed by atoms with Crippen LogP contribution in [0.15, 0.2) is 29.2 Å². The summed E-state index contributed by atoms with van der Waals surface area (Å²) in [6.07, 6.45) is 2.22. The Morgan fingerprint density at radius 3 is 2.53 bits per heavy atom. The third-order valence-electron chi connectivity index (χ3n) is 3.29. The van der Waals surface area contributed by atoms with Crippen LogP contribution in [-0.2, 0) is 14.8 Å². The average molecular weight is 284 g/mol. The van der Waals surface area contributed by atoms with Gasteiger partial charge in [0, 0.05) is 18.3 Å². The van der Waals surface area contributed by atoms with Gasteiger partial charge in [0.05, 0.1) is 11.0 Å². The Labute approximate surface area is 114 Å². The molecule has 1 aromatic carbocycles. The van der Waals surface area contributed by atoms with E-state index < -0.39 is 10.0 Å². The molecule has 1 aliphatic heterocycles. The van der Waals surface area contributed by atoms with Crippen molar-refractivity contribution in [2.45, 2.75) is 36.8 Å². The molecule has 106 valence electrons. The van der Waals surface area contributed by atoms with Crippen molar-refractivity contribution in [3.05, 3.63) is 24.3 Å². The summed E-state index contributed by atoms with van der Waals surface area (Å²) in [4.78, 5) is 0.279. The smallest absolute Gasteiger partial charge is 0.240 e. The van der Waals surface area contributed by atoms with E-state index >= 15 is 0 Å². The van der Waals surface area contributed by atoms with Gasteiger partial charge in [0.1, 0.15) is 0 Å². The predicted molar refractivity (Wildman–Crippen MR) is 74.7 cm³/mol. The van der Waals surface area contributed by atoms with E-state index in [9.17, 15) is 8.42 Å². The Morgan fingerprint density at radius 2 is 1.95 bits per heavy atom. The number of sulfonamides is 1. The summed E-state index contributed by atoms with van der Waals surface area (Å²) < 4.78 is 31.0. The van der Waals surface area contributed by atoms with Crippen LogP contribution in [0.2, 0.25) is 0 Å². The standard InChI is InChI=1S/C13H20N2O3S/c1-10-9-12(7-8-18-10)15-11-3-5-13(6-4-11)19(16,17)14-2/h3-6,10,12,14-15H,7-9H2,1-2H3. The van der Waals surface area contributed by atoms with Crippen molar-refractivity contribution >= 4 is 15.7 Å². The van der Waals surface area contributed by atoms with Crippen LogP contribution in [0.5, 0.6) is 0 Å². The highest BCUT2D eigenvalue weighted by Gasteiger charge is 2.19. The molecule has 2 atom stereocenters. The van der Waals surface area contributed by atoms with Crippen LogP contribution >= 0.6 is 0 Å². The average Bonchev–Trinajstić information content (AvgIpc) is 2.39. The molecule has 0 spiro atoms. The molecular formula is C13H20N2O3S. The molecule has 0 aliphatic carbocycles. The van der Waals surface area contributed by atoms with Crippen molar-refractivity contribution in [1.29, 1.82) is 0 Å². The van der Waals surface area contributed by atoms with Gasteiger partial charge in [-0.3, -0.25) is 0 Å². The van der Waals surface area contributed by atoms with E-state index in [-0.39, 0.29) is 11.0 Å². The Kier molecular flexibility index (Phi) is 4.44.